The van der Waals surface area contributed by atoms with Crippen molar-refractivity contribution >= 4 is 11.3 Å². The largest absolute Gasteiger partial charge is 0.323 e. The molecule has 1 nitrogen and oxygen atoms in total. The van der Waals surface area contributed by atoms with Crippen LogP contribution in [-0.4, -0.2) is 0 Å². The molecular weight excluding hydrogens is 226 g/mol. The van der Waals surface area contributed by atoms with Crippen LogP contribution in [0.1, 0.15) is 35.4 Å². The molecule has 0 aliphatic rings. The molecule has 1 aromatic heterocycles. The summed E-state index contributed by atoms with van der Waals surface area (Å²) in [6.07, 6.45) is 0.993. The Balaban J connectivity index is 2.40. The zero-order valence-electron chi connectivity index (χ0n) is 10.7. The van der Waals surface area contributed by atoms with Crippen molar-refractivity contribution in [2.75, 3.05) is 0 Å². The molecule has 2 aromatic rings. The molecule has 1 unspecified atom stereocenters. The first-order chi connectivity index (χ1) is 8.13. The van der Waals surface area contributed by atoms with Crippen LogP contribution in [0.3, 0.4) is 0 Å². The van der Waals surface area contributed by atoms with E-state index in [2.05, 4.69) is 51.1 Å². The molecule has 1 atom stereocenters. The monoisotopic (exact) mass is 245 g/mol. The summed E-state index contributed by atoms with van der Waals surface area (Å²) in [5.41, 5.74) is 10.1. The third kappa shape index (κ3) is 2.43. The lowest BCUT2D eigenvalue weighted by Gasteiger charge is -2.07. The fourth-order valence-corrected chi connectivity index (χ4v) is 3.09. The van der Waals surface area contributed by atoms with Gasteiger partial charge < -0.3 is 5.73 Å². The second-order valence-electron chi connectivity index (χ2n) is 4.46. The van der Waals surface area contributed by atoms with Gasteiger partial charge in [0.1, 0.15) is 0 Å². The Morgan fingerprint density at radius 3 is 2.65 bits per heavy atom. The van der Waals surface area contributed by atoms with E-state index in [-0.39, 0.29) is 6.04 Å². The van der Waals surface area contributed by atoms with Gasteiger partial charge >= 0.3 is 0 Å². The van der Waals surface area contributed by atoms with Crippen LogP contribution in [0, 0.1) is 13.8 Å². The van der Waals surface area contributed by atoms with Crippen LogP contribution in [0.25, 0.3) is 10.4 Å². The van der Waals surface area contributed by atoms with Gasteiger partial charge in [0.2, 0.25) is 0 Å². The van der Waals surface area contributed by atoms with Crippen molar-refractivity contribution in [2.24, 2.45) is 5.73 Å². The molecule has 0 saturated heterocycles. The molecule has 0 aliphatic carbocycles. The lowest BCUT2D eigenvalue weighted by molar-refractivity contribution is 0.712. The number of hydrogen-bond donors (Lipinski definition) is 1. The standard InChI is InChI=1S/C15H19NS/c1-4-13(16)15-9-8-14(17-15)12-7-5-6-10(2)11(12)3/h5-9,13H,4,16H2,1-3H3. The van der Waals surface area contributed by atoms with E-state index in [4.69, 9.17) is 5.73 Å². The first-order valence-electron chi connectivity index (χ1n) is 6.05. The summed E-state index contributed by atoms with van der Waals surface area (Å²) in [4.78, 5) is 2.61. The molecule has 0 fully saturated rings. The van der Waals surface area contributed by atoms with Gasteiger partial charge in [-0.25, -0.2) is 0 Å². The Hall–Kier alpha value is -1.12. The van der Waals surface area contributed by atoms with Crippen molar-refractivity contribution < 1.29 is 0 Å². The molecule has 2 heteroatoms. The zero-order valence-corrected chi connectivity index (χ0v) is 11.5. The van der Waals surface area contributed by atoms with Gasteiger partial charge in [0.15, 0.2) is 0 Å². The summed E-state index contributed by atoms with van der Waals surface area (Å²) in [7, 11) is 0. The molecule has 17 heavy (non-hydrogen) atoms. The van der Waals surface area contributed by atoms with Crippen molar-refractivity contribution in [3.05, 3.63) is 46.3 Å². The van der Waals surface area contributed by atoms with Crippen LogP contribution >= 0.6 is 11.3 Å². The summed E-state index contributed by atoms with van der Waals surface area (Å²) in [5.74, 6) is 0. The maximum Gasteiger partial charge on any atom is 0.0387 e. The lowest BCUT2D eigenvalue weighted by Crippen LogP contribution is -2.05. The van der Waals surface area contributed by atoms with Gasteiger partial charge in [-0.3, -0.25) is 0 Å². The smallest absolute Gasteiger partial charge is 0.0387 e. The number of benzene rings is 1. The van der Waals surface area contributed by atoms with E-state index in [1.54, 1.807) is 0 Å². The zero-order chi connectivity index (χ0) is 12.4. The number of rotatable bonds is 3. The van der Waals surface area contributed by atoms with E-state index in [9.17, 15) is 0 Å². The molecule has 0 bridgehead atoms. The molecule has 2 rings (SSSR count). The Labute approximate surface area is 107 Å². The van der Waals surface area contributed by atoms with E-state index in [0.29, 0.717) is 0 Å². The predicted molar refractivity (Wildman–Crippen MR) is 76.4 cm³/mol. The van der Waals surface area contributed by atoms with Gasteiger partial charge in [-0.1, -0.05) is 25.1 Å². The van der Waals surface area contributed by atoms with Gasteiger partial charge in [0.25, 0.3) is 0 Å². The highest BCUT2D eigenvalue weighted by atomic mass is 32.1. The van der Waals surface area contributed by atoms with Crippen LogP contribution in [0.15, 0.2) is 30.3 Å². The Bertz CT molecular complexity index is 513. The summed E-state index contributed by atoms with van der Waals surface area (Å²) in [5, 5.41) is 0. The Morgan fingerprint density at radius 2 is 1.94 bits per heavy atom. The molecule has 1 heterocycles. The minimum atomic E-state index is 0.180. The Kier molecular flexibility index (Phi) is 3.65. The van der Waals surface area contributed by atoms with Gasteiger partial charge in [0.05, 0.1) is 0 Å². The van der Waals surface area contributed by atoms with Gasteiger partial charge in [-0.2, -0.15) is 0 Å². The summed E-state index contributed by atoms with van der Waals surface area (Å²) in [6.45, 7) is 6.47. The van der Waals surface area contributed by atoms with Crippen molar-refractivity contribution in [3.8, 4) is 10.4 Å². The minimum Gasteiger partial charge on any atom is -0.323 e. The van der Waals surface area contributed by atoms with E-state index < -0.39 is 0 Å². The van der Waals surface area contributed by atoms with Crippen LogP contribution in [0.4, 0.5) is 0 Å². The van der Waals surface area contributed by atoms with Crippen molar-refractivity contribution in [2.45, 2.75) is 33.2 Å². The van der Waals surface area contributed by atoms with E-state index >= 15 is 0 Å². The molecule has 0 amide bonds. The van der Waals surface area contributed by atoms with E-state index in [0.717, 1.165) is 6.42 Å². The number of hydrogen-bond acceptors (Lipinski definition) is 2. The third-order valence-electron chi connectivity index (χ3n) is 3.30. The Morgan fingerprint density at radius 1 is 1.18 bits per heavy atom. The maximum atomic E-state index is 6.06. The van der Waals surface area contributed by atoms with E-state index in [1.807, 2.05) is 11.3 Å². The van der Waals surface area contributed by atoms with Crippen LogP contribution < -0.4 is 5.73 Å². The van der Waals surface area contributed by atoms with Gasteiger partial charge in [0, 0.05) is 15.8 Å². The average molecular weight is 245 g/mol. The minimum absolute atomic E-state index is 0.180. The van der Waals surface area contributed by atoms with Gasteiger partial charge in [-0.05, 0) is 49.1 Å². The van der Waals surface area contributed by atoms with Crippen LogP contribution in [-0.2, 0) is 0 Å². The number of thiophene rings is 1. The highest BCUT2D eigenvalue weighted by molar-refractivity contribution is 7.15. The van der Waals surface area contributed by atoms with Crippen molar-refractivity contribution in [1.29, 1.82) is 0 Å². The molecular formula is C15H19NS. The highest BCUT2D eigenvalue weighted by Gasteiger charge is 2.10. The molecule has 0 aliphatic heterocycles. The fraction of sp³-hybridized carbons (Fsp3) is 0.333. The quantitative estimate of drug-likeness (QED) is 0.850. The fourth-order valence-electron chi connectivity index (χ4n) is 1.92. The third-order valence-corrected chi connectivity index (χ3v) is 4.55. The highest BCUT2D eigenvalue weighted by Crippen LogP contribution is 2.34. The second kappa shape index (κ2) is 5.03. The number of nitrogens with two attached hydrogens (primary N) is 1. The first-order valence-corrected chi connectivity index (χ1v) is 6.87. The number of aryl methyl sites for hydroxylation is 1. The molecule has 2 N–H and O–H groups in total. The van der Waals surface area contributed by atoms with E-state index in [1.165, 1.54) is 26.4 Å². The molecule has 1 aromatic carbocycles. The topological polar surface area (TPSA) is 26.0 Å². The SMILES string of the molecule is CCC(N)c1ccc(-c2cccc(C)c2C)s1. The predicted octanol–water partition coefficient (Wildman–Crippen LogP) is 4.44. The molecule has 90 valence electrons. The normalized spacial score (nSPS) is 12.7. The first kappa shape index (κ1) is 12.3. The summed E-state index contributed by atoms with van der Waals surface area (Å²) < 4.78 is 0. The molecule has 0 saturated carbocycles. The van der Waals surface area contributed by atoms with Crippen molar-refractivity contribution in [1.82, 2.24) is 0 Å². The van der Waals surface area contributed by atoms with Crippen LogP contribution in [0.5, 0.6) is 0 Å². The molecule has 0 spiro atoms. The lowest BCUT2D eigenvalue weighted by atomic mass is 10.0. The van der Waals surface area contributed by atoms with Crippen molar-refractivity contribution in [3.63, 3.8) is 0 Å². The second-order valence-corrected chi connectivity index (χ2v) is 5.58. The van der Waals surface area contributed by atoms with Gasteiger partial charge in [-0.15, -0.1) is 11.3 Å². The van der Waals surface area contributed by atoms with Crippen LogP contribution in [0.2, 0.25) is 0 Å². The average Bonchev–Trinajstić information content (AvgIpc) is 2.81. The summed E-state index contributed by atoms with van der Waals surface area (Å²) >= 11 is 1.82. The maximum absolute atomic E-state index is 6.06. The molecule has 0 radical (unpaired) electrons. The summed E-state index contributed by atoms with van der Waals surface area (Å²) in [6, 6.07) is 11.0.